The van der Waals surface area contributed by atoms with Crippen molar-refractivity contribution in [2.75, 3.05) is 32.8 Å². The Balaban J connectivity index is 1.80. The molecule has 0 radical (unpaired) electrons. The Labute approximate surface area is 115 Å². The molecule has 2 fully saturated rings. The molecule has 3 nitrogen and oxygen atoms in total. The van der Waals surface area contributed by atoms with Crippen molar-refractivity contribution in [3.8, 4) is 0 Å². The zero-order chi connectivity index (χ0) is 13.1. The minimum absolute atomic E-state index is 0.267. The van der Waals surface area contributed by atoms with Gasteiger partial charge in [-0.15, -0.1) is 0 Å². The van der Waals surface area contributed by atoms with Gasteiger partial charge in [-0.1, -0.05) is 30.7 Å². The molecular weight excluding hydrogens is 236 g/mol. The molecule has 1 aliphatic carbocycles. The van der Waals surface area contributed by atoms with E-state index in [1.807, 2.05) is 0 Å². The van der Waals surface area contributed by atoms with Crippen molar-refractivity contribution in [2.45, 2.75) is 31.2 Å². The molecule has 1 aromatic carbocycles. The molecule has 1 saturated carbocycles. The van der Waals surface area contributed by atoms with Crippen LogP contribution in [0.5, 0.6) is 0 Å². The lowest BCUT2D eigenvalue weighted by Gasteiger charge is -2.43. The number of nitrogens with zero attached hydrogens (tertiary/aromatic N) is 1. The molecule has 3 rings (SSSR count). The normalized spacial score (nSPS) is 23.0. The summed E-state index contributed by atoms with van der Waals surface area (Å²) in [6.07, 6.45) is 3.83. The fourth-order valence-corrected chi connectivity index (χ4v) is 3.36. The van der Waals surface area contributed by atoms with E-state index in [1.165, 1.54) is 30.4 Å². The van der Waals surface area contributed by atoms with Gasteiger partial charge < -0.3 is 10.5 Å². The van der Waals surface area contributed by atoms with Gasteiger partial charge in [0, 0.05) is 31.6 Å². The molecule has 2 N–H and O–H groups in total. The fourth-order valence-electron chi connectivity index (χ4n) is 3.36. The lowest BCUT2D eigenvalue weighted by Crippen LogP contribution is -2.43. The highest BCUT2D eigenvalue weighted by Gasteiger charge is 2.38. The molecule has 0 aromatic heterocycles. The number of nitrogens with two attached hydrogens (primary N) is 1. The van der Waals surface area contributed by atoms with Crippen LogP contribution in [0.4, 0.5) is 0 Å². The van der Waals surface area contributed by atoms with Crippen LogP contribution in [0.15, 0.2) is 24.3 Å². The van der Waals surface area contributed by atoms with E-state index in [4.69, 9.17) is 10.5 Å². The Hall–Kier alpha value is -0.900. The molecule has 19 heavy (non-hydrogen) atoms. The van der Waals surface area contributed by atoms with Crippen molar-refractivity contribution in [2.24, 2.45) is 5.73 Å². The van der Waals surface area contributed by atoms with Crippen LogP contribution in [0.1, 0.15) is 30.4 Å². The second kappa shape index (κ2) is 5.61. The quantitative estimate of drug-likeness (QED) is 0.898. The van der Waals surface area contributed by atoms with Crippen molar-refractivity contribution in [1.29, 1.82) is 0 Å². The highest BCUT2D eigenvalue weighted by Crippen LogP contribution is 2.44. The molecule has 0 bridgehead atoms. The predicted molar refractivity (Wildman–Crippen MR) is 77.1 cm³/mol. The number of ether oxygens (including phenoxy) is 1. The molecule has 1 heterocycles. The average molecular weight is 260 g/mol. The summed E-state index contributed by atoms with van der Waals surface area (Å²) in [6, 6.07) is 8.89. The zero-order valence-corrected chi connectivity index (χ0v) is 11.6. The number of morpholine rings is 1. The minimum atomic E-state index is 0.267. The topological polar surface area (TPSA) is 38.5 Å². The Kier molecular flexibility index (Phi) is 3.87. The predicted octanol–water partition coefficient (Wildman–Crippen LogP) is 1.90. The van der Waals surface area contributed by atoms with Crippen LogP contribution in [-0.4, -0.2) is 37.7 Å². The van der Waals surface area contributed by atoms with E-state index in [0.29, 0.717) is 0 Å². The lowest BCUT2D eigenvalue weighted by atomic mass is 9.63. The minimum Gasteiger partial charge on any atom is -0.379 e. The third-order valence-corrected chi connectivity index (χ3v) is 4.79. The van der Waals surface area contributed by atoms with Gasteiger partial charge in [0.15, 0.2) is 0 Å². The van der Waals surface area contributed by atoms with Gasteiger partial charge in [0.1, 0.15) is 0 Å². The van der Waals surface area contributed by atoms with Crippen LogP contribution in [0.25, 0.3) is 0 Å². The molecule has 2 aliphatic rings. The summed E-state index contributed by atoms with van der Waals surface area (Å²) in [5, 5.41) is 0. The van der Waals surface area contributed by atoms with Crippen molar-refractivity contribution < 1.29 is 4.74 Å². The molecule has 0 atom stereocenters. The second-order valence-corrected chi connectivity index (χ2v) is 5.88. The number of hydrogen-bond donors (Lipinski definition) is 1. The smallest absolute Gasteiger partial charge is 0.0594 e. The monoisotopic (exact) mass is 260 g/mol. The third kappa shape index (κ3) is 2.55. The van der Waals surface area contributed by atoms with Crippen LogP contribution in [0, 0.1) is 0 Å². The molecule has 3 heteroatoms. The fraction of sp³-hybridized carbons (Fsp3) is 0.625. The number of benzene rings is 1. The Morgan fingerprint density at radius 2 is 1.89 bits per heavy atom. The molecule has 1 saturated heterocycles. The molecule has 0 unspecified atom stereocenters. The SMILES string of the molecule is NCC1(c2ccccc2CN2CCOCC2)CCC1. The lowest BCUT2D eigenvalue weighted by molar-refractivity contribution is 0.0338. The van der Waals surface area contributed by atoms with Gasteiger partial charge >= 0.3 is 0 Å². The van der Waals surface area contributed by atoms with Crippen LogP contribution in [0.3, 0.4) is 0 Å². The van der Waals surface area contributed by atoms with Crippen molar-refractivity contribution in [1.82, 2.24) is 4.90 Å². The second-order valence-electron chi connectivity index (χ2n) is 5.88. The van der Waals surface area contributed by atoms with Crippen molar-refractivity contribution in [3.05, 3.63) is 35.4 Å². The summed E-state index contributed by atoms with van der Waals surface area (Å²) in [4.78, 5) is 2.49. The molecule has 0 amide bonds. The van der Waals surface area contributed by atoms with Gasteiger partial charge in [-0.2, -0.15) is 0 Å². The first kappa shape index (κ1) is 13.1. The van der Waals surface area contributed by atoms with Crippen molar-refractivity contribution in [3.63, 3.8) is 0 Å². The van der Waals surface area contributed by atoms with E-state index in [1.54, 1.807) is 0 Å². The van der Waals surface area contributed by atoms with E-state index in [-0.39, 0.29) is 5.41 Å². The largest absolute Gasteiger partial charge is 0.379 e. The molecule has 0 spiro atoms. The van der Waals surface area contributed by atoms with Gasteiger partial charge in [0.25, 0.3) is 0 Å². The van der Waals surface area contributed by atoms with E-state index >= 15 is 0 Å². The van der Waals surface area contributed by atoms with E-state index < -0.39 is 0 Å². The van der Waals surface area contributed by atoms with Crippen LogP contribution in [0.2, 0.25) is 0 Å². The maximum atomic E-state index is 6.07. The first-order chi connectivity index (χ1) is 9.34. The Morgan fingerprint density at radius 1 is 1.16 bits per heavy atom. The Bertz CT molecular complexity index is 417. The molecule has 1 aliphatic heterocycles. The average Bonchev–Trinajstić information content (AvgIpc) is 2.41. The third-order valence-electron chi connectivity index (χ3n) is 4.79. The highest BCUT2D eigenvalue weighted by molar-refractivity contribution is 5.36. The maximum Gasteiger partial charge on any atom is 0.0594 e. The standard InChI is InChI=1S/C16H24N2O/c17-13-16(6-3-7-16)15-5-2-1-4-14(15)12-18-8-10-19-11-9-18/h1-2,4-5H,3,6-13,17H2. The number of hydrogen-bond acceptors (Lipinski definition) is 3. The number of rotatable bonds is 4. The van der Waals surface area contributed by atoms with Crippen LogP contribution >= 0.6 is 0 Å². The van der Waals surface area contributed by atoms with E-state index in [9.17, 15) is 0 Å². The zero-order valence-electron chi connectivity index (χ0n) is 11.6. The summed E-state index contributed by atoms with van der Waals surface area (Å²) >= 11 is 0. The summed E-state index contributed by atoms with van der Waals surface area (Å²) in [5.41, 5.74) is 9.30. The first-order valence-electron chi connectivity index (χ1n) is 7.43. The Morgan fingerprint density at radius 3 is 2.53 bits per heavy atom. The summed E-state index contributed by atoms with van der Waals surface area (Å²) in [7, 11) is 0. The van der Waals surface area contributed by atoms with Gasteiger partial charge in [-0.3, -0.25) is 4.90 Å². The summed E-state index contributed by atoms with van der Waals surface area (Å²) < 4.78 is 5.43. The first-order valence-corrected chi connectivity index (χ1v) is 7.43. The maximum absolute atomic E-state index is 6.07. The summed E-state index contributed by atoms with van der Waals surface area (Å²) in [5.74, 6) is 0. The van der Waals surface area contributed by atoms with Gasteiger partial charge in [-0.25, -0.2) is 0 Å². The highest BCUT2D eigenvalue weighted by atomic mass is 16.5. The molecular formula is C16H24N2O. The van der Waals surface area contributed by atoms with Crippen LogP contribution < -0.4 is 5.73 Å². The van der Waals surface area contributed by atoms with Crippen LogP contribution in [-0.2, 0) is 16.7 Å². The summed E-state index contributed by atoms with van der Waals surface area (Å²) in [6.45, 7) is 5.65. The van der Waals surface area contributed by atoms with Gasteiger partial charge in [0.2, 0.25) is 0 Å². The van der Waals surface area contributed by atoms with E-state index in [2.05, 4.69) is 29.2 Å². The molecule has 1 aromatic rings. The van der Waals surface area contributed by atoms with E-state index in [0.717, 1.165) is 39.4 Å². The van der Waals surface area contributed by atoms with Gasteiger partial charge in [-0.05, 0) is 24.0 Å². The molecule has 104 valence electrons. The van der Waals surface area contributed by atoms with Crippen molar-refractivity contribution >= 4 is 0 Å². The van der Waals surface area contributed by atoms with Gasteiger partial charge in [0.05, 0.1) is 13.2 Å².